The number of benzene rings is 1. The van der Waals surface area contributed by atoms with Crippen LogP contribution in [0.15, 0.2) is 18.2 Å². The molecule has 128 valence electrons. The lowest BCUT2D eigenvalue weighted by atomic mass is 10.0. The quantitative estimate of drug-likeness (QED) is 0.755. The summed E-state index contributed by atoms with van der Waals surface area (Å²) in [4.78, 5) is 9.18. The van der Waals surface area contributed by atoms with Gasteiger partial charge in [0.25, 0.3) is 0 Å². The lowest BCUT2D eigenvalue weighted by molar-refractivity contribution is 0.195. The van der Waals surface area contributed by atoms with E-state index >= 15 is 0 Å². The highest BCUT2D eigenvalue weighted by atomic mass is 31.2. The summed E-state index contributed by atoms with van der Waals surface area (Å²) in [5.74, 6) is 2.20. The fourth-order valence-corrected chi connectivity index (χ4v) is 3.00. The monoisotopic (exact) mass is 333 g/mol. The van der Waals surface area contributed by atoms with Gasteiger partial charge in [0.2, 0.25) is 0 Å². The lowest BCUT2D eigenvalue weighted by Crippen LogP contribution is -1.99. The van der Waals surface area contributed by atoms with E-state index in [1.165, 1.54) is 0 Å². The lowest BCUT2D eigenvalue weighted by Gasteiger charge is -2.15. The molecule has 6 heteroatoms. The van der Waals surface area contributed by atoms with Crippen LogP contribution in [-0.2, 0) is 9.05 Å². The second kappa shape index (κ2) is 10.8. The maximum Gasteiger partial charge on any atom is 0.405 e. The van der Waals surface area contributed by atoms with E-state index in [1.807, 2.05) is 32.0 Å². The smallest absolute Gasteiger partial charge is 0.405 e. The first-order chi connectivity index (χ1) is 10.3. The van der Waals surface area contributed by atoms with Crippen LogP contribution in [0, 0.1) is 0 Å². The molecule has 0 aliphatic heterocycles. The third-order valence-electron chi connectivity index (χ3n) is 2.78. The van der Waals surface area contributed by atoms with Gasteiger partial charge >= 0.3 is 7.94 Å². The van der Waals surface area contributed by atoms with E-state index in [-0.39, 0.29) is 0 Å². The van der Waals surface area contributed by atoms with Crippen molar-refractivity contribution in [3.63, 3.8) is 0 Å². The van der Waals surface area contributed by atoms with Crippen LogP contribution in [0.2, 0.25) is 0 Å². The van der Waals surface area contributed by atoms with Crippen molar-refractivity contribution in [2.75, 3.05) is 34.1 Å². The van der Waals surface area contributed by atoms with E-state index in [1.54, 1.807) is 20.9 Å². The number of hydrogen-bond acceptors (Lipinski definition) is 5. The van der Waals surface area contributed by atoms with Crippen molar-refractivity contribution >= 4 is 7.94 Å². The van der Waals surface area contributed by atoms with Crippen molar-refractivity contribution in [2.45, 2.75) is 33.6 Å². The van der Waals surface area contributed by atoms with Gasteiger partial charge in [-0.15, -0.1) is 0 Å². The Balaban J connectivity index is 0.000000433. The first-order valence-corrected chi connectivity index (χ1v) is 9.44. The molecule has 1 N–H and O–H groups in total. The molecule has 1 aromatic carbocycles. The molecular weight excluding hydrogens is 303 g/mol. The molecule has 0 fully saturated rings. The number of hydrogen-bond donors (Lipinski definition) is 1. The normalized spacial score (nSPS) is 11.0. The molecule has 0 spiro atoms. The zero-order chi connectivity index (χ0) is 17.2. The Morgan fingerprint density at radius 1 is 1.00 bits per heavy atom. The Labute approximate surface area is 135 Å². The SMILES string of the molecule is CCO[P+](C)(O)OCC.COc1cccc(OC)c1C(C)C. The van der Waals surface area contributed by atoms with Crippen LogP contribution < -0.4 is 9.47 Å². The fourth-order valence-electron chi connectivity index (χ4n) is 1.97. The van der Waals surface area contributed by atoms with Gasteiger partial charge in [0.05, 0.1) is 27.4 Å². The van der Waals surface area contributed by atoms with E-state index < -0.39 is 7.94 Å². The second-order valence-corrected chi connectivity index (χ2v) is 6.99. The molecule has 1 rings (SSSR count). The van der Waals surface area contributed by atoms with Gasteiger partial charge in [-0.2, -0.15) is 13.9 Å². The first kappa shape index (κ1) is 21.1. The van der Waals surface area contributed by atoms with Crippen molar-refractivity contribution in [3.8, 4) is 11.5 Å². The van der Waals surface area contributed by atoms with Gasteiger partial charge in [-0.1, -0.05) is 19.9 Å². The largest absolute Gasteiger partial charge is 0.496 e. The van der Waals surface area contributed by atoms with Gasteiger partial charge in [-0.25, -0.2) is 0 Å². The van der Waals surface area contributed by atoms with Crippen LogP contribution >= 0.6 is 7.94 Å². The van der Waals surface area contributed by atoms with Crippen molar-refractivity contribution in [3.05, 3.63) is 23.8 Å². The number of rotatable bonds is 7. The molecule has 0 bridgehead atoms. The average Bonchev–Trinajstić information content (AvgIpc) is 2.46. The standard InChI is InChI=1S/C11H16O2.C5H14O3P/c1-8(2)11-9(12-3)6-5-7-10(11)13-4;1-4-7-9(3,6)8-5-2/h5-8H,1-4H3;6H,4-5H2,1-3H3/q;+1. The molecule has 0 heterocycles. The topological polar surface area (TPSA) is 57.2 Å². The van der Waals surface area contributed by atoms with Crippen molar-refractivity contribution in [1.82, 2.24) is 0 Å². The zero-order valence-corrected chi connectivity index (χ0v) is 15.6. The molecule has 0 saturated carbocycles. The van der Waals surface area contributed by atoms with Crippen LogP contribution in [0.1, 0.15) is 39.2 Å². The first-order valence-electron chi connectivity index (χ1n) is 7.42. The third kappa shape index (κ3) is 7.41. The van der Waals surface area contributed by atoms with Gasteiger partial charge in [0.15, 0.2) is 0 Å². The summed E-state index contributed by atoms with van der Waals surface area (Å²) in [5.41, 5.74) is 1.13. The van der Waals surface area contributed by atoms with Crippen LogP contribution in [0.4, 0.5) is 0 Å². The molecule has 22 heavy (non-hydrogen) atoms. The van der Waals surface area contributed by atoms with Crippen molar-refractivity contribution < 1.29 is 23.4 Å². The molecule has 0 aromatic heterocycles. The number of ether oxygens (including phenoxy) is 2. The Bertz CT molecular complexity index is 391. The second-order valence-electron chi connectivity index (χ2n) is 4.87. The minimum atomic E-state index is -2.44. The Morgan fingerprint density at radius 2 is 1.41 bits per heavy atom. The van der Waals surface area contributed by atoms with Gasteiger partial charge in [-0.3, -0.25) is 0 Å². The summed E-state index contributed by atoms with van der Waals surface area (Å²) in [6.45, 7) is 10.5. The maximum absolute atomic E-state index is 9.18. The summed E-state index contributed by atoms with van der Waals surface area (Å²) in [6, 6.07) is 5.85. The minimum Gasteiger partial charge on any atom is -0.496 e. The molecule has 5 nitrogen and oxygen atoms in total. The Hall–Kier alpha value is -0.870. The molecule has 0 atom stereocenters. The van der Waals surface area contributed by atoms with Crippen molar-refractivity contribution in [1.29, 1.82) is 0 Å². The molecule has 0 saturated heterocycles. The van der Waals surface area contributed by atoms with E-state index in [2.05, 4.69) is 13.8 Å². The highest BCUT2D eigenvalue weighted by Gasteiger charge is 2.31. The van der Waals surface area contributed by atoms with Gasteiger partial charge in [0.1, 0.15) is 18.2 Å². The third-order valence-corrected chi connectivity index (χ3v) is 4.26. The molecular formula is C16H30O5P+. The van der Waals surface area contributed by atoms with E-state index in [9.17, 15) is 4.89 Å². The average molecular weight is 333 g/mol. The predicted molar refractivity (Wildman–Crippen MR) is 91.9 cm³/mol. The fraction of sp³-hybridized carbons (Fsp3) is 0.625. The highest BCUT2D eigenvalue weighted by Crippen LogP contribution is 2.52. The zero-order valence-electron chi connectivity index (χ0n) is 14.8. The molecule has 0 amide bonds. The minimum absolute atomic E-state index is 0.408. The molecule has 0 aliphatic rings. The van der Waals surface area contributed by atoms with E-state index in [0.29, 0.717) is 19.1 Å². The van der Waals surface area contributed by atoms with Crippen LogP contribution in [0.3, 0.4) is 0 Å². The number of methoxy groups -OCH3 is 2. The van der Waals surface area contributed by atoms with Crippen LogP contribution in [0.25, 0.3) is 0 Å². The molecule has 1 aromatic rings. The molecule has 0 aliphatic carbocycles. The Kier molecular flexibility index (Phi) is 10.4. The van der Waals surface area contributed by atoms with Crippen molar-refractivity contribution in [2.24, 2.45) is 0 Å². The van der Waals surface area contributed by atoms with E-state index in [4.69, 9.17) is 18.5 Å². The summed E-state index contributed by atoms with van der Waals surface area (Å²) in [5, 5.41) is 0. The van der Waals surface area contributed by atoms with Gasteiger partial charge in [-0.05, 0) is 31.9 Å². The van der Waals surface area contributed by atoms with Crippen LogP contribution in [-0.4, -0.2) is 39.0 Å². The molecule has 0 radical (unpaired) electrons. The van der Waals surface area contributed by atoms with Gasteiger partial charge in [0, 0.05) is 5.56 Å². The van der Waals surface area contributed by atoms with Crippen LogP contribution in [0.5, 0.6) is 11.5 Å². The van der Waals surface area contributed by atoms with E-state index in [0.717, 1.165) is 17.1 Å². The summed E-state index contributed by atoms with van der Waals surface area (Å²) in [6.07, 6.45) is 0. The predicted octanol–water partition coefficient (Wildman–Crippen LogP) is 4.27. The summed E-state index contributed by atoms with van der Waals surface area (Å²) in [7, 11) is 0.920. The Morgan fingerprint density at radius 3 is 1.68 bits per heavy atom. The van der Waals surface area contributed by atoms with Gasteiger partial charge < -0.3 is 9.47 Å². The summed E-state index contributed by atoms with van der Waals surface area (Å²) >= 11 is 0. The summed E-state index contributed by atoms with van der Waals surface area (Å²) < 4.78 is 20.4. The molecule has 0 unspecified atom stereocenters. The maximum atomic E-state index is 9.18. The highest BCUT2D eigenvalue weighted by molar-refractivity contribution is 7.59.